The van der Waals surface area contributed by atoms with Crippen molar-refractivity contribution in [1.82, 2.24) is 4.98 Å². The first-order chi connectivity index (χ1) is 8.82. The van der Waals surface area contributed by atoms with Crippen LogP contribution in [0.1, 0.15) is 5.69 Å². The summed E-state index contributed by atoms with van der Waals surface area (Å²) in [6.07, 6.45) is -4.44. The van der Waals surface area contributed by atoms with E-state index in [4.69, 9.17) is 0 Å². The summed E-state index contributed by atoms with van der Waals surface area (Å²) in [7, 11) is 5.34. The highest BCUT2D eigenvalue weighted by molar-refractivity contribution is 5.93. The van der Waals surface area contributed by atoms with Crippen LogP contribution in [0.5, 0.6) is 0 Å². The maximum atomic E-state index is 12.7. The maximum absolute atomic E-state index is 12.7. The molecule has 0 spiro atoms. The normalized spacial score (nSPS) is 11.7. The van der Waals surface area contributed by atoms with Crippen molar-refractivity contribution in [3.63, 3.8) is 0 Å². The van der Waals surface area contributed by atoms with Gasteiger partial charge in [-0.2, -0.15) is 13.2 Å². The van der Waals surface area contributed by atoms with E-state index < -0.39 is 11.9 Å². The molecule has 1 aromatic heterocycles. The summed E-state index contributed by atoms with van der Waals surface area (Å²) in [5.74, 6) is 0. The fraction of sp³-hybridized carbons (Fsp3) is 0.308. The smallest absolute Gasteiger partial charge is 0.388 e. The highest BCUT2D eigenvalue weighted by atomic mass is 19.4. The fourth-order valence-corrected chi connectivity index (χ4v) is 1.84. The van der Waals surface area contributed by atoms with Crippen molar-refractivity contribution in [2.75, 3.05) is 31.4 Å². The molecule has 2 rings (SSSR count). The van der Waals surface area contributed by atoms with Crippen LogP contribution >= 0.6 is 0 Å². The van der Waals surface area contributed by atoms with E-state index in [1.165, 1.54) is 0 Å². The van der Waals surface area contributed by atoms with E-state index >= 15 is 0 Å². The number of rotatable bonds is 2. The van der Waals surface area contributed by atoms with Crippen molar-refractivity contribution in [2.24, 2.45) is 0 Å². The lowest BCUT2D eigenvalue weighted by Gasteiger charge is -2.16. The number of nitrogens with zero attached hydrogens (tertiary/aromatic N) is 2. The molecule has 2 aromatic rings. The highest BCUT2D eigenvalue weighted by Crippen LogP contribution is 2.34. The summed E-state index contributed by atoms with van der Waals surface area (Å²) in [4.78, 5) is 5.56. The minimum Gasteiger partial charge on any atom is -0.388 e. The quantitative estimate of drug-likeness (QED) is 0.906. The van der Waals surface area contributed by atoms with E-state index in [1.54, 1.807) is 19.2 Å². The molecule has 0 unspecified atom stereocenters. The summed E-state index contributed by atoms with van der Waals surface area (Å²) >= 11 is 0. The minimum atomic E-state index is -4.44. The van der Waals surface area contributed by atoms with Gasteiger partial charge in [0.15, 0.2) is 0 Å². The second-order valence-electron chi connectivity index (χ2n) is 4.40. The van der Waals surface area contributed by atoms with Gasteiger partial charge in [-0.25, -0.2) is 4.98 Å². The summed E-state index contributed by atoms with van der Waals surface area (Å²) in [5.41, 5.74) is 0.762. The van der Waals surface area contributed by atoms with Gasteiger partial charge >= 0.3 is 6.18 Å². The number of benzene rings is 1. The molecular formula is C13H14F3N3. The van der Waals surface area contributed by atoms with Crippen molar-refractivity contribution >= 4 is 22.3 Å². The van der Waals surface area contributed by atoms with Crippen LogP contribution in [0.15, 0.2) is 24.3 Å². The highest BCUT2D eigenvalue weighted by Gasteiger charge is 2.33. The Labute approximate surface area is 109 Å². The summed E-state index contributed by atoms with van der Waals surface area (Å²) in [6.45, 7) is 0. The van der Waals surface area contributed by atoms with Gasteiger partial charge in [0, 0.05) is 37.9 Å². The van der Waals surface area contributed by atoms with E-state index in [0.717, 1.165) is 11.8 Å². The van der Waals surface area contributed by atoms with Gasteiger partial charge in [-0.05, 0) is 24.3 Å². The first-order valence-electron chi connectivity index (χ1n) is 5.70. The lowest BCUT2D eigenvalue weighted by molar-refractivity contribution is -0.140. The van der Waals surface area contributed by atoms with Gasteiger partial charge in [0.25, 0.3) is 0 Å². The zero-order valence-electron chi connectivity index (χ0n) is 10.8. The molecule has 0 fully saturated rings. The minimum absolute atomic E-state index is 0.324. The van der Waals surface area contributed by atoms with E-state index in [9.17, 15) is 13.2 Å². The second kappa shape index (κ2) is 4.60. The number of nitrogens with one attached hydrogen (secondary N) is 1. The molecule has 19 heavy (non-hydrogen) atoms. The predicted octanol–water partition coefficient (Wildman–Crippen LogP) is 3.36. The van der Waals surface area contributed by atoms with Crippen LogP contribution in [0.3, 0.4) is 0 Å². The van der Waals surface area contributed by atoms with Crippen molar-refractivity contribution in [1.29, 1.82) is 0 Å². The lowest BCUT2D eigenvalue weighted by Crippen LogP contribution is -2.10. The van der Waals surface area contributed by atoms with Crippen LogP contribution in [-0.4, -0.2) is 26.1 Å². The number of pyridine rings is 1. The third-order valence-electron chi connectivity index (χ3n) is 2.87. The zero-order valence-corrected chi connectivity index (χ0v) is 10.8. The average molecular weight is 269 g/mol. The number of hydrogen-bond acceptors (Lipinski definition) is 3. The van der Waals surface area contributed by atoms with Gasteiger partial charge in [-0.15, -0.1) is 0 Å². The van der Waals surface area contributed by atoms with Crippen LogP contribution in [0.2, 0.25) is 0 Å². The van der Waals surface area contributed by atoms with Gasteiger partial charge in [-0.3, -0.25) is 0 Å². The molecule has 0 bridgehead atoms. The van der Waals surface area contributed by atoms with Crippen LogP contribution in [-0.2, 0) is 6.18 Å². The number of hydrogen-bond donors (Lipinski definition) is 1. The van der Waals surface area contributed by atoms with Gasteiger partial charge in [0.05, 0.1) is 5.52 Å². The monoisotopic (exact) mass is 269 g/mol. The molecular weight excluding hydrogens is 255 g/mol. The van der Waals surface area contributed by atoms with Crippen molar-refractivity contribution in [2.45, 2.75) is 6.18 Å². The summed E-state index contributed by atoms with van der Waals surface area (Å²) in [5, 5.41) is 3.46. The average Bonchev–Trinajstić information content (AvgIpc) is 2.35. The number of aromatic nitrogens is 1. The maximum Gasteiger partial charge on any atom is 0.433 e. The fourth-order valence-electron chi connectivity index (χ4n) is 1.84. The van der Waals surface area contributed by atoms with Crippen LogP contribution in [0.4, 0.5) is 24.5 Å². The Morgan fingerprint density at radius 3 is 2.37 bits per heavy atom. The molecule has 0 aliphatic heterocycles. The van der Waals surface area contributed by atoms with E-state index in [-0.39, 0.29) is 0 Å². The number of halogens is 3. The molecule has 0 saturated carbocycles. The van der Waals surface area contributed by atoms with Crippen LogP contribution in [0, 0.1) is 0 Å². The van der Waals surface area contributed by atoms with Crippen molar-refractivity contribution < 1.29 is 13.2 Å². The van der Waals surface area contributed by atoms with Crippen LogP contribution in [0.25, 0.3) is 10.9 Å². The standard InChI is InChI=1S/C13H14F3N3/c1-17-11-7-12(13(14,15)16)18-10-5-4-8(19(2)3)6-9(10)11/h4-7H,1-3H3,(H,17,18). The van der Waals surface area contributed by atoms with Gasteiger partial charge in [-0.1, -0.05) is 0 Å². The van der Waals surface area contributed by atoms with Crippen molar-refractivity contribution in [3.8, 4) is 0 Å². The third-order valence-corrected chi connectivity index (χ3v) is 2.87. The Bertz CT molecular complexity index is 606. The van der Waals surface area contributed by atoms with Crippen molar-refractivity contribution in [3.05, 3.63) is 30.0 Å². The summed E-state index contributed by atoms with van der Waals surface area (Å²) in [6, 6.07) is 6.19. The van der Waals surface area contributed by atoms with E-state index in [1.807, 2.05) is 25.1 Å². The van der Waals surface area contributed by atoms with Crippen LogP contribution < -0.4 is 10.2 Å². The SMILES string of the molecule is CNc1cc(C(F)(F)F)nc2ccc(N(C)C)cc12. The van der Waals surface area contributed by atoms with E-state index in [0.29, 0.717) is 16.6 Å². The largest absolute Gasteiger partial charge is 0.433 e. The number of fused-ring (bicyclic) bond motifs is 1. The Morgan fingerprint density at radius 2 is 1.84 bits per heavy atom. The van der Waals surface area contributed by atoms with Gasteiger partial charge in [0.1, 0.15) is 5.69 Å². The summed E-state index contributed by atoms with van der Waals surface area (Å²) < 4.78 is 38.2. The van der Waals surface area contributed by atoms with E-state index in [2.05, 4.69) is 10.3 Å². The molecule has 0 radical (unpaired) electrons. The molecule has 1 aromatic carbocycles. The topological polar surface area (TPSA) is 28.2 Å². The van der Waals surface area contributed by atoms with Gasteiger partial charge < -0.3 is 10.2 Å². The van der Waals surface area contributed by atoms with Gasteiger partial charge in [0.2, 0.25) is 0 Å². The molecule has 1 heterocycles. The molecule has 102 valence electrons. The molecule has 6 heteroatoms. The molecule has 0 atom stereocenters. The molecule has 0 aliphatic rings. The molecule has 0 amide bonds. The molecule has 1 N–H and O–H groups in total. The number of anilines is 2. The molecule has 0 saturated heterocycles. The number of alkyl halides is 3. The Morgan fingerprint density at radius 1 is 1.16 bits per heavy atom. The third kappa shape index (κ3) is 2.57. The molecule has 0 aliphatic carbocycles. The first kappa shape index (κ1) is 13.5. The molecule has 3 nitrogen and oxygen atoms in total. The lowest BCUT2D eigenvalue weighted by atomic mass is 10.1. The first-order valence-corrected chi connectivity index (χ1v) is 5.70. The Hall–Kier alpha value is -1.98. The Kier molecular flexibility index (Phi) is 3.26. The zero-order chi connectivity index (χ0) is 14.2. The Balaban J connectivity index is 2.70. The second-order valence-corrected chi connectivity index (χ2v) is 4.40. The predicted molar refractivity (Wildman–Crippen MR) is 70.6 cm³/mol.